The lowest BCUT2D eigenvalue weighted by Gasteiger charge is -2.26. The zero-order valence-electron chi connectivity index (χ0n) is 18.6. The number of carbonyl (C=O) groups is 2. The van der Waals surface area contributed by atoms with Gasteiger partial charge in [-0.25, -0.2) is 0 Å². The minimum Gasteiger partial charge on any atom is -0.507 e. The Morgan fingerprint density at radius 2 is 1.70 bits per heavy atom. The average Bonchev–Trinajstić information content (AvgIpc) is 3.09. The monoisotopic (exact) mass is 444 g/mol. The van der Waals surface area contributed by atoms with Crippen LogP contribution in [-0.2, 0) is 16.1 Å². The molecule has 3 aromatic rings. The maximum atomic E-state index is 13.3. The lowest BCUT2D eigenvalue weighted by molar-refractivity contribution is -0.140. The zero-order valence-corrected chi connectivity index (χ0v) is 18.6. The molecule has 1 N–H and O–H groups in total. The molecule has 33 heavy (non-hydrogen) atoms. The van der Waals surface area contributed by atoms with E-state index >= 15 is 0 Å². The number of rotatable bonds is 6. The highest BCUT2D eigenvalue weighted by molar-refractivity contribution is 6.46. The van der Waals surface area contributed by atoms with Gasteiger partial charge < -0.3 is 19.5 Å². The number of aryl methyl sites for hydroxylation is 1. The molecular formula is C26H24N2O5. The highest BCUT2D eigenvalue weighted by Gasteiger charge is 2.47. The van der Waals surface area contributed by atoms with Gasteiger partial charge in [-0.05, 0) is 42.8 Å². The fourth-order valence-electron chi connectivity index (χ4n) is 4.10. The number of nitrogens with zero attached hydrogens (tertiary/aromatic N) is 2. The number of hydrogen-bond acceptors (Lipinski definition) is 6. The van der Waals surface area contributed by atoms with Crippen LogP contribution in [0, 0.1) is 6.92 Å². The molecular weight excluding hydrogens is 420 g/mol. The third-order valence-electron chi connectivity index (χ3n) is 5.69. The standard InChI is InChI=1S/C26H24N2O5/c1-16-8-9-21(33-3)19(14-16)24(29)22-23(18-6-4-5-7-20(18)32-2)28(26(31)25(22)30)15-17-10-12-27-13-11-17/h4-14,23,29H,15H2,1-3H3/b24-22+. The van der Waals surface area contributed by atoms with Gasteiger partial charge in [0.2, 0.25) is 0 Å². The molecule has 168 valence electrons. The van der Waals surface area contributed by atoms with Crippen molar-refractivity contribution in [3.8, 4) is 11.5 Å². The Balaban J connectivity index is 1.95. The molecule has 2 heterocycles. The lowest BCUT2D eigenvalue weighted by Crippen LogP contribution is -2.29. The lowest BCUT2D eigenvalue weighted by atomic mass is 9.93. The second-order valence-electron chi connectivity index (χ2n) is 7.73. The van der Waals surface area contributed by atoms with Crippen molar-refractivity contribution in [1.29, 1.82) is 0 Å². The summed E-state index contributed by atoms with van der Waals surface area (Å²) in [4.78, 5) is 32.0. The van der Waals surface area contributed by atoms with Crippen LogP contribution < -0.4 is 9.47 Å². The van der Waals surface area contributed by atoms with Crippen LogP contribution in [0.4, 0.5) is 0 Å². The van der Waals surface area contributed by atoms with Gasteiger partial charge in [0.1, 0.15) is 17.3 Å². The van der Waals surface area contributed by atoms with Gasteiger partial charge in [0.25, 0.3) is 11.7 Å². The number of para-hydroxylation sites is 1. The summed E-state index contributed by atoms with van der Waals surface area (Å²) in [7, 11) is 3.01. The Hall–Kier alpha value is -4.13. The Morgan fingerprint density at radius 1 is 1.00 bits per heavy atom. The molecule has 1 atom stereocenters. The predicted molar refractivity (Wildman–Crippen MR) is 123 cm³/mol. The van der Waals surface area contributed by atoms with Crippen molar-refractivity contribution in [1.82, 2.24) is 9.88 Å². The van der Waals surface area contributed by atoms with Crippen LogP contribution in [0.25, 0.3) is 5.76 Å². The summed E-state index contributed by atoms with van der Waals surface area (Å²) < 4.78 is 11.0. The highest BCUT2D eigenvalue weighted by Crippen LogP contribution is 2.44. The SMILES string of the molecule is COc1ccc(C)cc1/C(O)=C1\C(=O)C(=O)N(Cc2ccncc2)C1c1ccccc1OC. The largest absolute Gasteiger partial charge is 0.507 e. The molecule has 4 rings (SSSR count). The minimum atomic E-state index is -0.848. The molecule has 0 radical (unpaired) electrons. The number of Topliss-reactive ketones (excluding diaryl/α,β-unsaturated/α-hetero) is 1. The Bertz CT molecular complexity index is 1240. The van der Waals surface area contributed by atoms with E-state index in [4.69, 9.17) is 9.47 Å². The van der Waals surface area contributed by atoms with Crippen molar-refractivity contribution in [3.05, 3.63) is 94.8 Å². The van der Waals surface area contributed by atoms with Crippen molar-refractivity contribution < 1.29 is 24.2 Å². The van der Waals surface area contributed by atoms with Gasteiger partial charge in [-0.1, -0.05) is 29.8 Å². The van der Waals surface area contributed by atoms with Gasteiger partial charge in [-0.15, -0.1) is 0 Å². The van der Waals surface area contributed by atoms with Gasteiger partial charge in [-0.3, -0.25) is 14.6 Å². The molecule has 0 aliphatic carbocycles. The highest BCUT2D eigenvalue weighted by atomic mass is 16.5. The molecule has 0 saturated carbocycles. The summed E-state index contributed by atoms with van der Waals surface area (Å²) in [5.74, 6) is -0.845. The molecule has 7 heteroatoms. The first-order chi connectivity index (χ1) is 16.0. The van der Waals surface area contributed by atoms with E-state index in [0.717, 1.165) is 11.1 Å². The summed E-state index contributed by atoms with van der Waals surface area (Å²) in [6.07, 6.45) is 3.25. The molecule has 1 aromatic heterocycles. The summed E-state index contributed by atoms with van der Waals surface area (Å²) in [6.45, 7) is 2.04. The third-order valence-corrected chi connectivity index (χ3v) is 5.69. The number of ketones is 1. The van der Waals surface area contributed by atoms with Crippen LogP contribution in [0.15, 0.2) is 72.6 Å². The van der Waals surface area contributed by atoms with E-state index in [2.05, 4.69) is 4.98 Å². The summed E-state index contributed by atoms with van der Waals surface area (Å²) in [6, 6.07) is 15.2. The first-order valence-electron chi connectivity index (χ1n) is 10.4. The first kappa shape index (κ1) is 22.1. The second-order valence-corrected chi connectivity index (χ2v) is 7.73. The number of aliphatic hydroxyl groups excluding tert-OH is 1. The van der Waals surface area contributed by atoms with Gasteiger partial charge in [0, 0.05) is 24.5 Å². The molecule has 0 bridgehead atoms. The minimum absolute atomic E-state index is 0.0116. The van der Waals surface area contributed by atoms with E-state index in [9.17, 15) is 14.7 Å². The molecule has 1 fully saturated rings. The van der Waals surface area contributed by atoms with Crippen molar-refractivity contribution in [3.63, 3.8) is 0 Å². The van der Waals surface area contributed by atoms with E-state index in [1.54, 1.807) is 60.9 Å². The van der Waals surface area contributed by atoms with Crippen LogP contribution in [0.5, 0.6) is 11.5 Å². The number of aromatic nitrogens is 1. The number of pyridine rings is 1. The van der Waals surface area contributed by atoms with Crippen molar-refractivity contribution in [2.24, 2.45) is 0 Å². The molecule has 1 saturated heterocycles. The van der Waals surface area contributed by atoms with Gasteiger partial charge >= 0.3 is 0 Å². The summed E-state index contributed by atoms with van der Waals surface area (Å²) >= 11 is 0. The molecule has 1 amide bonds. The van der Waals surface area contributed by atoms with Crippen molar-refractivity contribution in [2.75, 3.05) is 14.2 Å². The van der Waals surface area contributed by atoms with Gasteiger partial charge in [0.05, 0.1) is 31.4 Å². The Labute approximate surface area is 191 Å². The number of benzene rings is 2. The van der Waals surface area contributed by atoms with Crippen LogP contribution >= 0.6 is 0 Å². The smallest absolute Gasteiger partial charge is 0.295 e. The average molecular weight is 444 g/mol. The van der Waals surface area contributed by atoms with Crippen LogP contribution in [0.1, 0.15) is 28.3 Å². The summed E-state index contributed by atoms with van der Waals surface area (Å²) in [5.41, 5.74) is 2.61. The van der Waals surface area contributed by atoms with Crippen molar-refractivity contribution >= 4 is 17.4 Å². The number of methoxy groups -OCH3 is 2. The molecule has 7 nitrogen and oxygen atoms in total. The second kappa shape index (κ2) is 9.16. The molecule has 1 aliphatic rings. The fraction of sp³-hybridized carbons (Fsp3) is 0.192. The number of likely N-dealkylation sites (tertiary alicyclic amines) is 1. The number of aliphatic hydroxyl groups is 1. The molecule has 0 spiro atoms. The van der Waals surface area contributed by atoms with E-state index < -0.39 is 17.7 Å². The van der Waals surface area contributed by atoms with Crippen LogP contribution in [-0.4, -0.2) is 40.9 Å². The molecule has 1 unspecified atom stereocenters. The van der Waals surface area contributed by atoms with E-state index in [-0.39, 0.29) is 17.9 Å². The normalized spacial score (nSPS) is 17.3. The number of amides is 1. The van der Waals surface area contributed by atoms with Crippen molar-refractivity contribution in [2.45, 2.75) is 19.5 Å². The predicted octanol–water partition coefficient (Wildman–Crippen LogP) is 4.03. The third kappa shape index (κ3) is 4.05. The Kier molecular flexibility index (Phi) is 6.13. The van der Waals surface area contributed by atoms with E-state index in [0.29, 0.717) is 22.6 Å². The quantitative estimate of drug-likeness (QED) is 0.351. The molecule has 2 aromatic carbocycles. The van der Waals surface area contributed by atoms with Crippen LogP contribution in [0.3, 0.4) is 0 Å². The van der Waals surface area contributed by atoms with E-state index in [1.165, 1.54) is 19.1 Å². The zero-order chi connectivity index (χ0) is 23.5. The fourth-order valence-corrected chi connectivity index (χ4v) is 4.10. The van der Waals surface area contributed by atoms with Gasteiger partial charge in [0.15, 0.2) is 0 Å². The maximum absolute atomic E-state index is 13.3. The summed E-state index contributed by atoms with van der Waals surface area (Å²) in [5, 5.41) is 11.4. The van der Waals surface area contributed by atoms with Gasteiger partial charge in [-0.2, -0.15) is 0 Å². The molecule has 1 aliphatic heterocycles. The number of hydrogen-bond donors (Lipinski definition) is 1. The van der Waals surface area contributed by atoms with E-state index in [1.807, 2.05) is 13.0 Å². The maximum Gasteiger partial charge on any atom is 0.295 e. The first-order valence-corrected chi connectivity index (χ1v) is 10.4. The van der Waals surface area contributed by atoms with Crippen LogP contribution in [0.2, 0.25) is 0 Å². The number of carbonyl (C=O) groups excluding carboxylic acids is 2. The topological polar surface area (TPSA) is 89.0 Å². The number of ether oxygens (including phenoxy) is 2. The Morgan fingerprint density at radius 3 is 2.39 bits per heavy atom.